The number of nitrogens with zero attached hydrogens (tertiary/aromatic N) is 2. The molecule has 1 unspecified atom stereocenters. The molecule has 5 heteroatoms. The molecule has 1 rings (SSSR count). The molecular weight excluding hydrogens is 240 g/mol. The summed E-state index contributed by atoms with van der Waals surface area (Å²) in [4.78, 5) is 26.7. The molecule has 0 aromatic rings. The predicted molar refractivity (Wildman–Crippen MR) is 68.0 cm³/mol. The van der Waals surface area contributed by atoms with Crippen LogP contribution >= 0.6 is 11.6 Å². The second-order valence-electron chi connectivity index (χ2n) is 4.55. The molecule has 1 fully saturated rings. The van der Waals surface area contributed by atoms with Gasteiger partial charge >= 0.3 is 11.8 Å². The molecule has 0 aromatic carbocycles. The lowest BCUT2D eigenvalue weighted by atomic mass is 10.0. The quantitative estimate of drug-likeness (QED) is 0.534. The maximum Gasteiger partial charge on any atom is 0.312 e. The number of hydrogen-bond donors (Lipinski definition) is 0. The van der Waals surface area contributed by atoms with Crippen molar-refractivity contribution in [2.75, 3.05) is 32.1 Å². The van der Waals surface area contributed by atoms with Gasteiger partial charge in [0, 0.05) is 32.1 Å². The van der Waals surface area contributed by atoms with Crippen LogP contribution in [0.1, 0.15) is 26.7 Å². The summed E-state index contributed by atoms with van der Waals surface area (Å²) >= 11 is 5.67. The van der Waals surface area contributed by atoms with Gasteiger partial charge in [-0.25, -0.2) is 0 Å². The average molecular weight is 261 g/mol. The Morgan fingerprint density at radius 2 is 1.76 bits per heavy atom. The molecule has 1 atom stereocenters. The zero-order valence-electron chi connectivity index (χ0n) is 10.6. The minimum absolute atomic E-state index is 0.351. The zero-order valence-corrected chi connectivity index (χ0v) is 11.4. The molecule has 0 aromatic heterocycles. The van der Waals surface area contributed by atoms with E-state index in [1.54, 1.807) is 9.80 Å². The highest BCUT2D eigenvalue weighted by molar-refractivity contribution is 6.35. The van der Waals surface area contributed by atoms with E-state index in [0.29, 0.717) is 38.0 Å². The number of carbonyl (C=O) groups is 2. The van der Waals surface area contributed by atoms with Gasteiger partial charge in [-0.05, 0) is 25.7 Å². The molecule has 2 amide bonds. The number of likely N-dealkylation sites (N-methyl/N-ethyl adjacent to an activating group) is 1. The van der Waals surface area contributed by atoms with E-state index >= 15 is 0 Å². The van der Waals surface area contributed by atoms with Gasteiger partial charge in [0.25, 0.3) is 0 Å². The lowest BCUT2D eigenvalue weighted by molar-refractivity contribution is -0.155. The molecule has 0 bridgehead atoms. The standard InChI is InChI=1S/C12H21ClN2O2/c1-3-14-8-9-15(12(17)11(14)16)7-5-10(2)4-6-13/h10H,3-9H2,1-2H3. The summed E-state index contributed by atoms with van der Waals surface area (Å²) in [5.41, 5.74) is 0. The normalized spacial score (nSPS) is 18.8. The van der Waals surface area contributed by atoms with Crippen LogP contribution in [0.4, 0.5) is 0 Å². The van der Waals surface area contributed by atoms with Crippen molar-refractivity contribution in [3.63, 3.8) is 0 Å². The smallest absolute Gasteiger partial charge is 0.312 e. The van der Waals surface area contributed by atoms with Gasteiger partial charge in [0.2, 0.25) is 0 Å². The maximum absolute atomic E-state index is 11.8. The van der Waals surface area contributed by atoms with Crippen molar-refractivity contribution in [1.82, 2.24) is 9.80 Å². The van der Waals surface area contributed by atoms with E-state index in [0.717, 1.165) is 12.8 Å². The third-order valence-corrected chi connectivity index (χ3v) is 3.49. The van der Waals surface area contributed by atoms with E-state index in [1.807, 2.05) is 6.92 Å². The third-order valence-electron chi connectivity index (χ3n) is 3.27. The van der Waals surface area contributed by atoms with Crippen LogP contribution in [-0.4, -0.2) is 53.7 Å². The largest absolute Gasteiger partial charge is 0.333 e. The zero-order chi connectivity index (χ0) is 12.8. The highest BCUT2D eigenvalue weighted by atomic mass is 35.5. The summed E-state index contributed by atoms with van der Waals surface area (Å²) in [5.74, 6) is 0.442. The van der Waals surface area contributed by atoms with Crippen molar-refractivity contribution in [1.29, 1.82) is 0 Å². The number of amides is 2. The number of piperazine rings is 1. The van der Waals surface area contributed by atoms with Crippen LogP contribution in [0.3, 0.4) is 0 Å². The average Bonchev–Trinajstić information content (AvgIpc) is 2.31. The minimum atomic E-state index is -0.358. The van der Waals surface area contributed by atoms with Gasteiger partial charge in [0.05, 0.1) is 0 Å². The first-order valence-electron chi connectivity index (χ1n) is 6.24. The number of carbonyl (C=O) groups excluding carboxylic acids is 2. The van der Waals surface area contributed by atoms with Crippen LogP contribution in [0, 0.1) is 5.92 Å². The fourth-order valence-corrected chi connectivity index (χ4v) is 2.31. The summed E-state index contributed by atoms with van der Waals surface area (Å²) < 4.78 is 0. The summed E-state index contributed by atoms with van der Waals surface area (Å²) in [5, 5.41) is 0. The minimum Gasteiger partial charge on any atom is -0.333 e. The number of hydrogen-bond acceptors (Lipinski definition) is 2. The number of alkyl halides is 1. The second kappa shape index (κ2) is 6.84. The topological polar surface area (TPSA) is 40.6 Å². The Kier molecular flexibility index (Phi) is 5.75. The lowest BCUT2D eigenvalue weighted by Gasteiger charge is -2.33. The molecule has 17 heavy (non-hydrogen) atoms. The molecule has 0 saturated carbocycles. The Labute approximate surface area is 108 Å². The van der Waals surface area contributed by atoms with Crippen LogP contribution in [0.2, 0.25) is 0 Å². The summed E-state index contributed by atoms with van der Waals surface area (Å²) in [6.07, 6.45) is 1.87. The highest BCUT2D eigenvalue weighted by Gasteiger charge is 2.31. The van der Waals surface area contributed by atoms with Crippen LogP contribution in [0.25, 0.3) is 0 Å². The Bertz CT molecular complexity index is 284. The Morgan fingerprint density at radius 1 is 1.18 bits per heavy atom. The lowest BCUT2D eigenvalue weighted by Crippen LogP contribution is -2.54. The molecule has 1 aliphatic rings. The molecule has 0 N–H and O–H groups in total. The van der Waals surface area contributed by atoms with Crippen LogP contribution in [0.5, 0.6) is 0 Å². The fourth-order valence-electron chi connectivity index (χ4n) is 1.94. The van der Waals surface area contributed by atoms with Crippen LogP contribution in [0.15, 0.2) is 0 Å². The first kappa shape index (κ1) is 14.3. The number of rotatable bonds is 6. The van der Waals surface area contributed by atoms with E-state index in [9.17, 15) is 9.59 Å². The molecule has 98 valence electrons. The highest BCUT2D eigenvalue weighted by Crippen LogP contribution is 2.12. The summed E-state index contributed by atoms with van der Waals surface area (Å²) in [7, 11) is 0. The fraction of sp³-hybridized carbons (Fsp3) is 0.833. The first-order valence-corrected chi connectivity index (χ1v) is 6.77. The molecule has 0 aliphatic carbocycles. The van der Waals surface area contributed by atoms with Crippen molar-refractivity contribution >= 4 is 23.4 Å². The summed E-state index contributed by atoms with van der Waals surface area (Å²) in [6.45, 7) is 6.61. The molecule has 4 nitrogen and oxygen atoms in total. The SMILES string of the molecule is CCN1CCN(CCC(C)CCCl)C(=O)C1=O. The second-order valence-corrected chi connectivity index (χ2v) is 4.93. The van der Waals surface area contributed by atoms with E-state index in [1.165, 1.54) is 0 Å². The summed E-state index contributed by atoms with van der Waals surface area (Å²) in [6, 6.07) is 0. The van der Waals surface area contributed by atoms with Crippen molar-refractivity contribution in [3.8, 4) is 0 Å². The third kappa shape index (κ3) is 3.87. The Morgan fingerprint density at radius 3 is 2.35 bits per heavy atom. The van der Waals surface area contributed by atoms with E-state index < -0.39 is 0 Å². The number of halogens is 1. The van der Waals surface area contributed by atoms with Crippen LogP contribution < -0.4 is 0 Å². The van der Waals surface area contributed by atoms with Gasteiger partial charge in [-0.3, -0.25) is 9.59 Å². The van der Waals surface area contributed by atoms with Gasteiger partial charge in [0.15, 0.2) is 0 Å². The molecular formula is C12H21ClN2O2. The van der Waals surface area contributed by atoms with Gasteiger partial charge in [-0.15, -0.1) is 11.6 Å². The molecule has 1 heterocycles. The molecule has 1 aliphatic heterocycles. The van der Waals surface area contributed by atoms with Gasteiger partial charge in [0.1, 0.15) is 0 Å². The van der Waals surface area contributed by atoms with E-state index in [4.69, 9.17) is 11.6 Å². The first-order chi connectivity index (χ1) is 8.10. The van der Waals surface area contributed by atoms with Crippen molar-refractivity contribution < 1.29 is 9.59 Å². The molecule has 1 saturated heterocycles. The van der Waals surface area contributed by atoms with Gasteiger partial charge < -0.3 is 9.80 Å². The maximum atomic E-state index is 11.8. The van der Waals surface area contributed by atoms with Crippen molar-refractivity contribution in [2.24, 2.45) is 5.92 Å². The monoisotopic (exact) mass is 260 g/mol. The Hall–Kier alpha value is -0.770. The van der Waals surface area contributed by atoms with E-state index in [-0.39, 0.29) is 11.8 Å². The Balaban J connectivity index is 2.41. The van der Waals surface area contributed by atoms with Crippen molar-refractivity contribution in [3.05, 3.63) is 0 Å². The van der Waals surface area contributed by atoms with E-state index in [2.05, 4.69) is 6.92 Å². The predicted octanol–water partition coefficient (Wildman–Crippen LogP) is 1.33. The van der Waals surface area contributed by atoms with Gasteiger partial charge in [-0.1, -0.05) is 6.92 Å². The molecule has 0 spiro atoms. The van der Waals surface area contributed by atoms with Crippen molar-refractivity contribution in [2.45, 2.75) is 26.7 Å². The van der Waals surface area contributed by atoms with Crippen LogP contribution in [-0.2, 0) is 9.59 Å². The molecule has 0 radical (unpaired) electrons. The van der Waals surface area contributed by atoms with Gasteiger partial charge in [-0.2, -0.15) is 0 Å².